The van der Waals surface area contributed by atoms with Crippen LogP contribution in [0.15, 0.2) is 77.7 Å². The molecule has 3 aromatic carbocycles. The first-order valence-corrected chi connectivity index (χ1v) is 10.6. The Morgan fingerprint density at radius 2 is 1.57 bits per heavy atom. The van der Waals surface area contributed by atoms with Gasteiger partial charge in [-0.2, -0.15) is 0 Å². The van der Waals surface area contributed by atoms with E-state index in [1.807, 2.05) is 42.5 Å². The van der Waals surface area contributed by atoms with Crippen molar-refractivity contribution >= 4 is 35.2 Å². The highest BCUT2D eigenvalue weighted by atomic mass is 35.5. The van der Waals surface area contributed by atoms with Crippen molar-refractivity contribution in [3.63, 3.8) is 0 Å². The lowest BCUT2D eigenvalue weighted by Crippen LogP contribution is -2.42. The van der Waals surface area contributed by atoms with Gasteiger partial charge >= 0.3 is 0 Å². The molecule has 2 amide bonds. The molecule has 7 heteroatoms. The third kappa shape index (κ3) is 6.10. The zero-order valence-electron chi connectivity index (χ0n) is 16.4. The molecule has 0 saturated heterocycles. The van der Waals surface area contributed by atoms with Crippen molar-refractivity contribution in [2.45, 2.75) is 17.3 Å². The van der Waals surface area contributed by atoms with Crippen molar-refractivity contribution in [3.05, 3.63) is 100 Å². The van der Waals surface area contributed by atoms with E-state index in [4.69, 9.17) is 16.3 Å². The van der Waals surface area contributed by atoms with Crippen LogP contribution in [0.2, 0.25) is 5.02 Å². The van der Waals surface area contributed by atoms with Gasteiger partial charge in [-0.15, -0.1) is 11.8 Å². The van der Waals surface area contributed by atoms with Gasteiger partial charge in [0.1, 0.15) is 0 Å². The topological polar surface area (TPSA) is 67.4 Å². The van der Waals surface area contributed by atoms with Gasteiger partial charge in [-0.05, 0) is 53.6 Å². The summed E-state index contributed by atoms with van der Waals surface area (Å²) in [6, 6.07) is 22.0. The number of carbonyl (C=O) groups is 2. The summed E-state index contributed by atoms with van der Waals surface area (Å²) in [5, 5.41) is 0.712. The van der Waals surface area contributed by atoms with Crippen LogP contribution in [0, 0.1) is 0 Å². The molecule has 0 radical (unpaired) electrons. The maximum atomic E-state index is 12.4. The quantitative estimate of drug-likeness (QED) is 0.407. The Labute approximate surface area is 184 Å². The van der Waals surface area contributed by atoms with Crippen LogP contribution in [-0.4, -0.2) is 18.9 Å². The lowest BCUT2D eigenvalue weighted by molar-refractivity contribution is 0.0844. The molecule has 3 aromatic rings. The van der Waals surface area contributed by atoms with E-state index in [1.54, 1.807) is 49.2 Å². The average Bonchev–Trinajstić information content (AvgIpc) is 2.78. The summed E-state index contributed by atoms with van der Waals surface area (Å²) in [7, 11) is 1.56. The summed E-state index contributed by atoms with van der Waals surface area (Å²) in [6.07, 6.45) is 0. The predicted molar refractivity (Wildman–Crippen MR) is 120 cm³/mol. The molecule has 0 atom stereocenters. The second-order valence-electron chi connectivity index (χ2n) is 6.44. The van der Waals surface area contributed by atoms with E-state index >= 15 is 0 Å². The van der Waals surface area contributed by atoms with Gasteiger partial charge in [0.15, 0.2) is 0 Å². The van der Waals surface area contributed by atoms with Gasteiger partial charge in [0.05, 0.1) is 6.61 Å². The number of halogens is 1. The first-order valence-electron chi connectivity index (χ1n) is 9.21. The zero-order chi connectivity index (χ0) is 21.3. The molecule has 0 saturated carbocycles. The van der Waals surface area contributed by atoms with E-state index in [0.29, 0.717) is 22.8 Å². The van der Waals surface area contributed by atoms with E-state index in [2.05, 4.69) is 10.9 Å². The summed E-state index contributed by atoms with van der Waals surface area (Å²) < 4.78 is 5.10. The van der Waals surface area contributed by atoms with Crippen LogP contribution in [0.3, 0.4) is 0 Å². The van der Waals surface area contributed by atoms with Crippen molar-refractivity contribution in [3.8, 4) is 0 Å². The molecule has 154 valence electrons. The monoisotopic (exact) mass is 440 g/mol. The highest BCUT2D eigenvalue weighted by Crippen LogP contribution is 2.24. The maximum Gasteiger partial charge on any atom is 0.270 e. The van der Waals surface area contributed by atoms with Crippen LogP contribution in [0.1, 0.15) is 31.8 Å². The minimum atomic E-state index is -0.396. The first-order chi connectivity index (χ1) is 14.6. The van der Waals surface area contributed by atoms with Gasteiger partial charge in [0, 0.05) is 33.9 Å². The second-order valence-corrected chi connectivity index (χ2v) is 7.92. The first kappa shape index (κ1) is 21.9. The zero-order valence-corrected chi connectivity index (χ0v) is 17.9. The number of hydrogen-bond donors (Lipinski definition) is 2. The number of rotatable bonds is 7. The smallest absolute Gasteiger partial charge is 0.270 e. The summed E-state index contributed by atoms with van der Waals surface area (Å²) in [4.78, 5) is 25.8. The van der Waals surface area contributed by atoms with Crippen molar-refractivity contribution in [2.24, 2.45) is 0 Å². The SMILES string of the molecule is COCc1ccccc1C(=O)NNC(=O)c1ccc(CSc2ccc(Cl)cc2)cc1. The maximum absolute atomic E-state index is 12.4. The summed E-state index contributed by atoms with van der Waals surface area (Å²) in [5.41, 5.74) is 7.65. The number of benzene rings is 3. The highest BCUT2D eigenvalue weighted by Gasteiger charge is 2.12. The molecule has 30 heavy (non-hydrogen) atoms. The molecule has 0 unspecified atom stereocenters. The third-order valence-corrected chi connectivity index (χ3v) is 5.62. The van der Waals surface area contributed by atoms with Crippen molar-refractivity contribution in [1.29, 1.82) is 0 Å². The number of carbonyl (C=O) groups excluding carboxylic acids is 2. The van der Waals surface area contributed by atoms with Crippen LogP contribution < -0.4 is 10.9 Å². The molecule has 0 bridgehead atoms. The number of amides is 2. The van der Waals surface area contributed by atoms with Crippen molar-refractivity contribution in [2.75, 3.05) is 7.11 Å². The van der Waals surface area contributed by atoms with E-state index in [1.165, 1.54) is 0 Å². The number of ether oxygens (including phenoxy) is 1. The number of hydrazine groups is 1. The van der Waals surface area contributed by atoms with Gasteiger partial charge in [0.25, 0.3) is 11.8 Å². The molecule has 0 aliphatic heterocycles. The standard InChI is InChI=1S/C23H21ClN2O3S/c1-29-14-18-4-2-3-5-21(18)23(28)26-25-22(27)17-8-6-16(7-9-17)15-30-20-12-10-19(24)11-13-20/h2-13H,14-15H2,1H3,(H,25,27)(H,26,28). The van der Waals surface area contributed by atoms with Crippen LogP contribution in [0.25, 0.3) is 0 Å². The average molecular weight is 441 g/mol. The van der Waals surface area contributed by atoms with Gasteiger partial charge in [0.2, 0.25) is 0 Å². The van der Waals surface area contributed by atoms with Gasteiger partial charge in [-0.1, -0.05) is 41.9 Å². The summed E-state index contributed by atoms with van der Waals surface area (Å²) in [6.45, 7) is 0.313. The molecule has 2 N–H and O–H groups in total. The van der Waals surface area contributed by atoms with Crippen molar-refractivity contribution < 1.29 is 14.3 Å². The van der Waals surface area contributed by atoms with Crippen LogP contribution in [0.4, 0.5) is 0 Å². The fraction of sp³-hybridized carbons (Fsp3) is 0.130. The van der Waals surface area contributed by atoms with Crippen molar-refractivity contribution in [1.82, 2.24) is 10.9 Å². The fourth-order valence-electron chi connectivity index (χ4n) is 2.73. The third-order valence-electron chi connectivity index (χ3n) is 4.29. The number of hydrogen-bond acceptors (Lipinski definition) is 4. The molecule has 5 nitrogen and oxygen atoms in total. The molecular weight excluding hydrogens is 420 g/mol. The number of methoxy groups -OCH3 is 1. The Bertz CT molecular complexity index is 1010. The minimum Gasteiger partial charge on any atom is -0.380 e. The van der Waals surface area contributed by atoms with Crippen LogP contribution >= 0.6 is 23.4 Å². The summed E-state index contributed by atoms with van der Waals surface area (Å²) in [5.74, 6) is -0.00670. The van der Waals surface area contributed by atoms with E-state index in [0.717, 1.165) is 21.8 Å². The Morgan fingerprint density at radius 1 is 0.900 bits per heavy atom. The van der Waals surface area contributed by atoms with E-state index in [-0.39, 0.29) is 5.91 Å². The molecule has 0 spiro atoms. The lowest BCUT2D eigenvalue weighted by atomic mass is 10.1. The minimum absolute atomic E-state index is 0.313. The lowest BCUT2D eigenvalue weighted by Gasteiger charge is -2.11. The Morgan fingerprint density at radius 3 is 2.27 bits per heavy atom. The van der Waals surface area contributed by atoms with Gasteiger partial charge in [-0.25, -0.2) is 0 Å². The highest BCUT2D eigenvalue weighted by molar-refractivity contribution is 7.98. The predicted octanol–water partition coefficient (Wildman–Crippen LogP) is 4.85. The Hall–Kier alpha value is -2.80. The summed E-state index contributed by atoms with van der Waals surface area (Å²) >= 11 is 7.59. The molecule has 0 aliphatic carbocycles. The van der Waals surface area contributed by atoms with Crippen LogP contribution in [0.5, 0.6) is 0 Å². The van der Waals surface area contributed by atoms with Gasteiger partial charge in [-0.3, -0.25) is 20.4 Å². The molecule has 0 fully saturated rings. The normalized spacial score (nSPS) is 10.5. The molecule has 3 rings (SSSR count). The Kier molecular flexibility index (Phi) is 7.90. The molecular formula is C23H21ClN2O3S. The largest absolute Gasteiger partial charge is 0.380 e. The van der Waals surface area contributed by atoms with Crippen LogP contribution in [-0.2, 0) is 17.1 Å². The Balaban J connectivity index is 1.53. The molecule has 0 aliphatic rings. The molecule has 0 heterocycles. The fourth-order valence-corrected chi connectivity index (χ4v) is 3.71. The number of nitrogens with one attached hydrogen (secondary N) is 2. The molecule has 0 aromatic heterocycles. The van der Waals surface area contributed by atoms with Gasteiger partial charge < -0.3 is 4.74 Å². The van der Waals surface area contributed by atoms with E-state index in [9.17, 15) is 9.59 Å². The second kappa shape index (κ2) is 10.8. The van der Waals surface area contributed by atoms with E-state index < -0.39 is 5.91 Å². The number of thioether (sulfide) groups is 1.